The van der Waals surface area contributed by atoms with Gasteiger partial charge in [0.2, 0.25) is 0 Å². The van der Waals surface area contributed by atoms with Crippen molar-refractivity contribution in [1.82, 2.24) is 10.2 Å². The highest BCUT2D eigenvalue weighted by Gasteiger charge is 2.19. The summed E-state index contributed by atoms with van der Waals surface area (Å²) in [4.78, 5) is 13.8. The predicted molar refractivity (Wildman–Crippen MR) is 108 cm³/mol. The molecule has 1 amide bonds. The summed E-state index contributed by atoms with van der Waals surface area (Å²) in [6, 6.07) is 15.2. The highest BCUT2D eigenvalue weighted by atomic mass is 79.9. The fourth-order valence-corrected chi connectivity index (χ4v) is 4.03. The van der Waals surface area contributed by atoms with Gasteiger partial charge in [0.1, 0.15) is 5.75 Å². The van der Waals surface area contributed by atoms with E-state index in [4.69, 9.17) is 9.15 Å². The molecule has 8 heteroatoms. The summed E-state index contributed by atoms with van der Waals surface area (Å²) >= 11 is 4.87. The van der Waals surface area contributed by atoms with Gasteiger partial charge >= 0.3 is 6.01 Å². The molecule has 2 aromatic heterocycles. The first-order chi connectivity index (χ1) is 13.2. The molecular formula is C19H14BrN3O3S. The maximum absolute atomic E-state index is 12.9. The summed E-state index contributed by atoms with van der Waals surface area (Å²) in [5.41, 5.74) is 0.438. The summed E-state index contributed by atoms with van der Waals surface area (Å²) in [7, 11) is 0. The van der Waals surface area contributed by atoms with Crippen LogP contribution >= 0.6 is 27.3 Å². The van der Waals surface area contributed by atoms with Crippen LogP contribution in [0.2, 0.25) is 0 Å². The minimum Gasteiger partial charge on any atom is -0.493 e. The first kappa shape index (κ1) is 17.7. The van der Waals surface area contributed by atoms with E-state index in [1.807, 2.05) is 49.4 Å². The molecule has 27 heavy (non-hydrogen) atoms. The van der Waals surface area contributed by atoms with Gasteiger partial charge in [-0.05, 0) is 51.8 Å². The molecule has 0 aliphatic heterocycles. The van der Waals surface area contributed by atoms with Crippen LogP contribution in [0.3, 0.4) is 0 Å². The molecule has 0 unspecified atom stereocenters. The van der Waals surface area contributed by atoms with Crippen molar-refractivity contribution in [2.75, 3.05) is 11.9 Å². The summed E-state index contributed by atoms with van der Waals surface area (Å²) < 4.78 is 12.2. The van der Waals surface area contributed by atoms with Crippen molar-refractivity contribution in [2.24, 2.45) is 0 Å². The second kappa shape index (κ2) is 7.50. The van der Waals surface area contributed by atoms with Crippen molar-refractivity contribution in [2.45, 2.75) is 6.92 Å². The number of anilines is 1. The Morgan fingerprint density at radius 3 is 2.81 bits per heavy atom. The summed E-state index contributed by atoms with van der Waals surface area (Å²) in [5, 5.41) is 12.3. The average molecular weight is 444 g/mol. The number of benzene rings is 2. The number of ether oxygens (including phenoxy) is 1. The fourth-order valence-electron chi connectivity index (χ4n) is 2.72. The number of rotatable bonds is 5. The molecule has 0 saturated heterocycles. The lowest BCUT2D eigenvalue weighted by atomic mass is 10.0. The van der Waals surface area contributed by atoms with Gasteiger partial charge < -0.3 is 9.15 Å². The molecule has 4 aromatic rings. The van der Waals surface area contributed by atoms with Crippen LogP contribution in [0, 0.1) is 0 Å². The number of hydrogen-bond acceptors (Lipinski definition) is 6. The number of thiophene rings is 1. The molecule has 4 rings (SSSR count). The topological polar surface area (TPSA) is 77.2 Å². The first-order valence-corrected chi connectivity index (χ1v) is 9.81. The van der Waals surface area contributed by atoms with E-state index in [9.17, 15) is 4.79 Å². The first-order valence-electron chi connectivity index (χ1n) is 8.21. The van der Waals surface area contributed by atoms with Crippen LogP contribution in [-0.4, -0.2) is 22.7 Å². The molecule has 0 fully saturated rings. The van der Waals surface area contributed by atoms with Gasteiger partial charge in [-0.15, -0.1) is 16.4 Å². The lowest BCUT2D eigenvalue weighted by molar-refractivity contribution is 0.102. The number of fused-ring (bicyclic) bond motifs is 1. The third-order valence-corrected chi connectivity index (χ3v) is 5.46. The van der Waals surface area contributed by atoms with E-state index in [2.05, 4.69) is 31.4 Å². The molecule has 2 aromatic carbocycles. The maximum atomic E-state index is 12.9. The Kier molecular flexibility index (Phi) is 4.91. The Morgan fingerprint density at radius 2 is 2.04 bits per heavy atom. The van der Waals surface area contributed by atoms with Crippen LogP contribution in [0.4, 0.5) is 6.01 Å². The molecule has 0 saturated carbocycles. The van der Waals surface area contributed by atoms with Crippen molar-refractivity contribution >= 4 is 50.0 Å². The Hall–Kier alpha value is -2.71. The number of halogens is 1. The molecule has 136 valence electrons. The number of nitrogens with zero attached hydrogens (tertiary/aromatic N) is 2. The highest BCUT2D eigenvalue weighted by Crippen LogP contribution is 2.32. The van der Waals surface area contributed by atoms with Gasteiger partial charge in [0.25, 0.3) is 11.8 Å². The van der Waals surface area contributed by atoms with Gasteiger partial charge in [0.15, 0.2) is 0 Å². The van der Waals surface area contributed by atoms with Gasteiger partial charge in [0.05, 0.1) is 20.8 Å². The van der Waals surface area contributed by atoms with Gasteiger partial charge in [0, 0.05) is 0 Å². The third kappa shape index (κ3) is 3.58. The van der Waals surface area contributed by atoms with Crippen molar-refractivity contribution in [3.8, 4) is 16.5 Å². The number of aromatic nitrogens is 2. The van der Waals surface area contributed by atoms with Crippen LogP contribution in [0.25, 0.3) is 21.5 Å². The smallest absolute Gasteiger partial charge is 0.322 e. The van der Waals surface area contributed by atoms with E-state index in [0.29, 0.717) is 23.8 Å². The van der Waals surface area contributed by atoms with Crippen molar-refractivity contribution < 1.29 is 13.9 Å². The molecule has 0 bridgehead atoms. The van der Waals surface area contributed by atoms with E-state index < -0.39 is 0 Å². The molecule has 6 nitrogen and oxygen atoms in total. The lowest BCUT2D eigenvalue weighted by Gasteiger charge is -2.12. The minimum atomic E-state index is -0.363. The molecule has 0 radical (unpaired) electrons. The monoisotopic (exact) mass is 443 g/mol. The van der Waals surface area contributed by atoms with Crippen LogP contribution in [-0.2, 0) is 0 Å². The summed E-state index contributed by atoms with van der Waals surface area (Å²) in [5.74, 6) is 0.498. The molecule has 0 spiro atoms. The van der Waals surface area contributed by atoms with Crippen LogP contribution < -0.4 is 10.1 Å². The zero-order chi connectivity index (χ0) is 18.8. The average Bonchev–Trinajstić information content (AvgIpc) is 3.30. The second-order valence-corrected chi connectivity index (χ2v) is 8.03. The zero-order valence-electron chi connectivity index (χ0n) is 14.2. The highest BCUT2D eigenvalue weighted by molar-refractivity contribution is 9.11. The van der Waals surface area contributed by atoms with Gasteiger partial charge in [-0.1, -0.05) is 35.4 Å². The molecule has 0 aliphatic carbocycles. The van der Waals surface area contributed by atoms with Gasteiger partial charge in [-0.3, -0.25) is 10.1 Å². The van der Waals surface area contributed by atoms with Gasteiger partial charge in [-0.25, -0.2) is 0 Å². The van der Waals surface area contributed by atoms with E-state index in [1.54, 1.807) is 6.07 Å². The van der Waals surface area contributed by atoms with E-state index in [0.717, 1.165) is 19.4 Å². The Balaban J connectivity index is 1.67. The standard InChI is InChI=1S/C19H14BrN3O3S/c1-2-25-13-8-7-11-5-3-4-6-12(11)16(13)17(24)21-19-23-22-18(26-19)14-9-10-15(20)27-14/h3-10H,2H2,1H3,(H,21,23,24). The molecule has 2 heterocycles. The Bertz CT molecular complexity index is 1120. The number of hydrogen-bond donors (Lipinski definition) is 1. The van der Waals surface area contributed by atoms with Crippen LogP contribution in [0.5, 0.6) is 5.75 Å². The number of carbonyl (C=O) groups is 1. The third-order valence-electron chi connectivity index (χ3n) is 3.85. The molecule has 0 aliphatic rings. The molecule has 0 atom stereocenters. The van der Waals surface area contributed by atoms with E-state index in [1.165, 1.54) is 11.3 Å². The summed E-state index contributed by atoms with van der Waals surface area (Å²) in [6.45, 7) is 2.33. The minimum absolute atomic E-state index is 0.0369. The second-order valence-electron chi connectivity index (χ2n) is 5.56. The maximum Gasteiger partial charge on any atom is 0.322 e. The van der Waals surface area contributed by atoms with Gasteiger partial charge in [-0.2, -0.15) is 0 Å². The summed E-state index contributed by atoms with van der Waals surface area (Å²) in [6.07, 6.45) is 0. The van der Waals surface area contributed by atoms with Crippen molar-refractivity contribution in [3.05, 3.63) is 57.9 Å². The molecular weight excluding hydrogens is 430 g/mol. The molecule has 1 N–H and O–H groups in total. The van der Waals surface area contributed by atoms with Crippen LogP contribution in [0.15, 0.2) is 56.7 Å². The SMILES string of the molecule is CCOc1ccc2ccccc2c1C(=O)Nc1nnc(-c2ccc(Br)s2)o1. The van der Waals surface area contributed by atoms with Crippen molar-refractivity contribution in [3.63, 3.8) is 0 Å². The zero-order valence-corrected chi connectivity index (χ0v) is 16.6. The normalized spacial score (nSPS) is 10.9. The van der Waals surface area contributed by atoms with Crippen molar-refractivity contribution in [1.29, 1.82) is 0 Å². The van der Waals surface area contributed by atoms with E-state index >= 15 is 0 Å². The number of nitrogens with one attached hydrogen (secondary N) is 1. The Morgan fingerprint density at radius 1 is 1.19 bits per heavy atom. The van der Waals surface area contributed by atoms with E-state index in [-0.39, 0.29) is 11.9 Å². The predicted octanol–water partition coefficient (Wildman–Crippen LogP) is 5.36. The Labute approximate surface area is 167 Å². The lowest BCUT2D eigenvalue weighted by Crippen LogP contribution is -2.14. The van der Waals surface area contributed by atoms with Crippen LogP contribution in [0.1, 0.15) is 17.3 Å². The fraction of sp³-hybridized carbons (Fsp3) is 0.105. The number of carbonyl (C=O) groups excluding carboxylic acids is 1. The number of amides is 1. The largest absolute Gasteiger partial charge is 0.493 e. The quantitative estimate of drug-likeness (QED) is 0.448.